The zero-order chi connectivity index (χ0) is 16.9. The minimum Gasteiger partial charge on any atom is -0.290 e. The second-order valence-corrected chi connectivity index (χ2v) is 7.52. The standard InChI is InChI=1S/C21H28N4/c1-2-8-18(9-3-1)21-23-14-17(15-24-21)16-25-13-7-5-11-20(25)19-10-4-6-12-22-19/h4,6,10,12,14-15,18,20H,1-3,5,7-9,11,13,16H2/t20-/m1/s1. The number of hydrogen-bond donors (Lipinski definition) is 0. The molecular formula is C21H28N4. The van der Waals surface area contributed by atoms with Crippen LogP contribution in [0, 0.1) is 0 Å². The topological polar surface area (TPSA) is 41.9 Å². The molecule has 0 N–H and O–H groups in total. The zero-order valence-corrected chi connectivity index (χ0v) is 15.0. The lowest BCUT2D eigenvalue weighted by Gasteiger charge is -2.35. The molecule has 25 heavy (non-hydrogen) atoms. The fourth-order valence-electron chi connectivity index (χ4n) is 4.34. The van der Waals surface area contributed by atoms with Crippen LogP contribution in [0.25, 0.3) is 0 Å². The maximum atomic E-state index is 4.71. The largest absolute Gasteiger partial charge is 0.290 e. The molecule has 0 spiro atoms. The second-order valence-electron chi connectivity index (χ2n) is 7.52. The molecule has 1 atom stereocenters. The third-order valence-electron chi connectivity index (χ3n) is 5.72. The maximum Gasteiger partial charge on any atom is 0.131 e. The van der Waals surface area contributed by atoms with Gasteiger partial charge in [-0.25, -0.2) is 9.97 Å². The molecule has 1 saturated heterocycles. The van der Waals surface area contributed by atoms with Crippen LogP contribution in [0.3, 0.4) is 0 Å². The lowest BCUT2D eigenvalue weighted by Crippen LogP contribution is -2.33. The number of hydrogen-bond acceptors (Lipinski definition) is 4. The molecular weight excluding hydrogens is 308 g/mol. The van der Waals surface area contributed by atoms with E-state index < -0.39 is 0 Å². The first-order chi connectivity index (χ1) is 12.4. The highest BCUT2D eigenvalue weighted by Crippen LogP contribution is 2.32. The van der Waals surface area contributed by atoms with Gasteiger partial charge in [0.15, 0.2) is 0 Å². The van der Waals surface area contributed by atoms with Gasteiger partial charge in [-0.2, -0.15) is 0 Å². The quantitative estimate of drug-likeness (QED) is 0.815. The van der Waals surface area contributed by atoms with Crippen molar-refractivity contribution in [1.82, 2.24) is 19.9 Å². The average Bonchev–Trinajstić information content (AvgIpc) is 2.70. The van der Waals surface area contributed by atoms with Crippen LogP contribution in [0.15, 0.2) is 36.8 Å². The molecule has 0 bridgehead atoms. The Balaban J connectivity index is 1.44. The van der Waals surface area contributed by atoms with E-state index in [1.165, 1.54) is 62.6 Å². The Labute approximate surface area is 150 Å². The highest BCUT2D eigenvalue weighted by Gasteiger charge is 2.25. The zero-order valence-electron chi connectivity index (χ0n) is 15.0. The van der Waals surface area contributed by atoms with Crippen LogP contribution in [0.1, 0.15) is 80.4 Å². The fraction of sp³-hybridized carbons (Fsp3) is 0.571. The minimum atomic E-state index is 0.424. The summed E-state index contributed by atoms with van der Waals surface area (Å²) >= 11 is 0. The Morgan fingerprint density at radius 1 is 0.880 bits per heavy atom. The average molecular weight is 336 g/mol. The van der Waals surface area contributed by atoms with Gasteiger partial charge in [0.25, 0.3) is 0 Å². The van der Waals surface area contributed by atoms with E-state index in [9.17, 15) is 0 Å². The van der Waals surface area contributed by atoms with Gasteiger partial charge in [0.2, 0.25) is 0 Å². The van der Waals surface area contributed by atoms with E-state index in [1.807, 2.05) is 12.3 Å². The molecule has 4 rings (SSSR count). The van der Waals surface area contributed by atoms with Gasteiger partial charge < -0.3 is 0 Å². The van der Waals surface area contributed by atoms with E-state index in [0.717, 1.165) is 18.9 Å². The molecule has 4 heteroatoms. The third-order valence-corrected chi connectivity index (χ3v) is 5.72. The van der Waals surface area contributed by atoms with E-state index in [4.69, 9.17) is 9.97 Å². The van der Waals surface area contributed by atoms with Gasteiger partial charge >= 0.3 is 0 Å². The predicted octanol–water partition coefficient (Wildman–Crippen LogP) is 4.65. The molecule has 2 fully saturated rings. The van der Waals surface area contributed by atoms with Crippen LogP contribution >= 0.6 is 0 Å². The van der Waals surface area contributed by atoms with E-state index >= 15 is 0 Å². The normalized spacial score (nSPS) is 22.8. The van der Waals surface area contributed by atoms with Crippen molar-refractivity contribution in [2.24, 2.45) is 0 Å². The number of piperidine rings is 1. The van der Waals surface area contributed by atoms with Crippen molar-refractivity contribution in [3.05, 3.63) is 53.9 Å². The molecule has 4 nitrogen and oxygen atoms in total. The molecule has 132 valence electrons. The number of rotatable bonds is 4. The summed E-state index contributed by atoms with van der Waals surface area (Å²) in [6.07, 6.45) is 16.3. The predicted molar refractivity (Wildman–Crippen MR) is 99.1 cm³/mol. The molecule has 2 aromatic heterocycles. The summed E-state index contributed by atoms with van der Waals surface area (Å²) in [5.74, 6) is 1.64. The summed E-state index contributed by atoms with van der Waals surface area (Å²) in [6, 6.07) is 6.67. The second kappa shape index (κ2) is 8.05. The van der Waals surface area contributed by atoms with Crippen molar-refractivity contribution in [3.8, 4) is 0 Å². The Hall–Kier alpha value is -1.81. The lowest BCUT2D eigenvalue weighted by molar-refractivity contribution is 0.137. The van der Waals surface area contributed by atoms with Gasteiger partial charge in [-0.15, -0.1) is 0 Å². The summed E-state index contributed by atoms with van der Waals surface area (Å²) in [5.41, 5.74) is 2.42. The van der Waals surface area contributed by atoms with Crippen LogP contribution in [-0.4, -0.2) is 26.4 Å². The summed E-state index contributed by atoms with van der Waals surface area (Å²) in [6.45, 7) is 2.05. The highest BCUT2D eigenvalue weighted by molar-refractivity contribution is 5.12. The van der Waals surface area contributed by atoms with Crippen molar-refractivity contribution in [2.75, 3.05) is 6.54 Å². The molecule has 3 heterocycles. The first-order valence-corrected chi connectivity index (χ1v) is 9.86. The van der Waals surface area contributed by atoms with Crippen LogP contribution in [0.4, 0.5) is 0 Å². The summed E-state index contributed by atoms with van der Waals surface area (Å²) < 4.78 is 0. The van der Waals surface area contributed by atoms with Gasteiger partial charge in [0.1, 0.15) is 5.82 Å². The van der Waals surface area contributed by atoms with Crippen molar-refractivity contribution in [3.63, 3.8) is 0 Å². The van der Waals surface area contributed by atoms with Crippen LogP contribution in [-0.2, 0) is 6.54 Å². The first kappa shape index (κ1) is 16.6. The minimum absolute atomic E-state index is 0.424. The summed E-state index contributed by atoms with van der Waals surface area (Å²) in [5, 5.41) is 0. The highest BCUT2D eigenvalue weighted by atomic mass is 15.2. The molecule has 0 radical (unpaired) electrons. The molecule has 0 unspecified atom stereocenters. The molecule has 0 amide bonds. The maximum absolute atomic E-state index is 4.71. The van der Waals surface area contributed by atoms with Gasteiger partial charge in [0, 0.05) is 36.6 Å². The number of nitrogens with zero attached hydrogens (tertiary/aromatic N) is 4. The molecule has 2 aromatic rings. The van der Waals surface area contributed by atoms with Crippen LogP contribution in [0.2, 0.25) is 0 Å². The monoisotopic (exact) mass is 336 g/mol. The molecule has 1 saturated carbocycles. The summed E-state index contributed by atoms with van der Waals surface area (Å²) in [4.78, 5) is 16.6. The molecule has 2 aliphatic rings. The van der Waals surface area contributed by atoms with Gasteiger partial charge in [-0.3, -0.25) is 9.88 Å². The van der Waals surface area contributed by atoms with E-state index in [0.29, 0.717) is 12.0 Å². The van der Waals surface area contributed by atoms with Gasteiger partial charge in [-0.1, -0.05) is 31.7 Å². The molecule has 0 aromatic carbocycles. The van der Waals surface area contributed by atoms with Crippen molar-refractivity contribution >= 4 is 0 Å². The Bertz CT molecular complexity index is 649. The smallest absolute Gasteiger partial charge is 0.131 e. The Morgan fingerprint density at radius 3 is 2.44 bits per heavy atom. The van der Waals surface area contributed by atoms with E-state index in [-0.39, 0.29) is 0 Å². The van der Waals surface area contributed by atoms with E-state index in [2.05, 4.69) is 34.4 Å². The lowest BCUT2D eigenvalue weighted by atomic mass is 9.89. The van der Waals surface area contributed by atoms with Crippen LogP contribution < -0.4 is 0 Å². The first-order valence-electron chi connectivity index (χ1n) is 9.86. The number of likely N-dealkylation sites (tertiary alicyclic amines) is 1. The Morgan fingerprint density at radius 2 is 1.68 bits per heavy atom. The van der Waals surface area contributed by atoms with Gasteiger partial charge in [0.05, 0.1) is 11.7 Å². The summed E-state index contributed by atoms with van der Waals surface area (Å²) in [7, 11) is 0. The molecule has 1 aliphatic heterocycles. The van der Waals surface area contributed by atoms with Gasteiger partial charge in [-0.05, 0) is 44.4 Å². The van der Waals surface area contributed by atoms with Crippen molar-refractivity contribution in [1.29, 1.82) is 0 Å². The number of pyridine rings is 1. The van der Waals surface area contributed by atoms with Crippen LogP contribution in [0.5, 0.6) is 0 Å². The number of aromatic nitrogens is 3. The van der Waals surface area contributed by atoms with Crippen molar-refractivity contribution < 1.29 is 0 Å². The third kappa shape index (κ3) is 4.06. The van der Waals surface area contributed by atoms with Crippen molar-refractivity contribution in [2.45, 2.75) is 69.9 Å². The fourth-order valence-corrected chi connectivity index (χ4v) is 4.34. The molecule has 1 aliphatic carbocycles. The Kier molecular flexibility index (Phi) is 5.36. The SMILES string of the molecule is c1ccc([C@H]2CCCCN2Cc2cnc(C3CCCCC3)nc2)nc1. The van der Waals surface area contributed by atoms with E-state index in [1.54, 1.807) is 0 Å².